The Morgan fingerprint density at radius 2 is 2.04 bits per heavy atom. The molecule has 0 unspecified atom stereocenters. The third kappa shape index (κ3) is 2.89. The number of rotatable bonds is 3. The van der Waals surface area contributed by atoms with Crippen molar-refractivity contribution < 1.29 is 4.90 Å². The van der Waals surface area contributed by atoms with Gasteiger partial charge in [0, 0.05) is 10.4 Å². The van der Waals surface area contributed by atoms with Crippen molar-refractivity contribution in [2.24, 2.45) is 0 Å². The Morgan fingerprint density at radius 3 is 2.88 bits per heavy atom. The largest absolute Gasteiger partial charge is 0.345 e. The molecule has 0 atom stereocenters. The highest BCUT2D eigenvalue weighted by Crippen LogP contribution is 2.40. The second-order valence-electron chi connectivity index (χ2n) is 7.64. The van der Waals surface area contributed by atoms with Gasteiger partial charge in [0.25, 0.3) is 0 Å². The van der Waals surface area contributed by atoms with Crippen LogP contribution in [0, 0.1) is 6.92 Å². The van der Waals surface area contributed by atoms with Crippen molar-refractivity contribution in [2.45, 2.75) is 32.7 Å². The van der Waals surface area contributed by atoms with E-state index < -0.39 is 0 Å². The Balaban J connectivity index is 1.34. The molecule has 5 rings (SSSR count). The zero-order chi connectivity index (χ0) is 17.5. The minimum atomic E-state index is 1.08. The summed E-state index contributed by atoms with van der Waals surface area (Å²) in [6.07, 6.45) is 5.48. The summed E-state index contributed by atoms with van der Waals surface area (Å²) >= 11 is 1.89. The molecule has 0 spiro atoms. The highest BCUT2D eigenvalue weighted by Gasteiger charge is 2.26. The molecule has 3 heterocycles. The fraction of sp³-hybridized carbons (Fsp3) is 0.429. The SMILES string of the molecule is Cc1cccc(C[NH+]2CCN(c3ncnc4sc5c(c34)CCC5)CC2)c1. The first-order valence-electron chi connectivity index (χ1n) is 9.67. The molecule has 1 fully saturated rings. The van der Waals surface area contributed by atoms with E-state index >= 15 is 0 Å². The molecule has 0 amide bonds. The van der Waals surface area contributed by atoms with Crippen molar-refractivity contribution in [3.8, 4) is 0 Å². The minimum absolute atomic E-state index is 1.08. The van der Waals surface area contributed by atoms with Crippen LogP contribution >= 0.6 is 11.3 Å². The van der Waals surface area contributed by atoms with Crippen molar-refractivity contribution >= 4 is 27.4 Å². The van der Waals surface area contributed by atoms with E-state index in [2.05, 4.69) is 41.1 Å². The summed E-state index contributed by atoms with van der Waals surface area (Å²) in [6.45, 7) is 7.81. The molecule has 0 bridgehead atoms. The first-order chi connectivity index (χ1) is 12.8. The Hall–Kier alpha value is -1.98. The molecule has 134 valence electrons. The van der Waals surface area contributed by atoms with Gasteiger partial charge in [0.15, 0.2) is 0 Å². The lowest BCUT2D eigenvalue weighted by Crippen LogP contribution is -3.13. The van der Waals surface area contributed by atoms with E-state index in [-0.39, 0.29) is 0 Å². The third-order valence-electron chi connectivity index (χ3n) is 5.79. The maximum Gasteiger partial charge on any atom is 0.141 e. The molecular weight excluding hydrogens is 340 g/mol. The number of aromatic nitrogens is 2. The van der Waals surface area contributed by atoms with E-state index in [4.69, 9.17) is 4.98 Å². The van der Waals surface area contributed by atoms with Crippen LogP contribution in [0.25, 0.3) is 10.2 Å². The van der Waals surface area contributed by atoms with Gasteiger partial charge in [-0.05, 0) is 31.7 Å². The second kappa shape index (κ2) is 6.63. The maximum atomic E-state index is 4.71. The number of piperazine rings is 1. The number of fused-ring (bicyclic) bond motifs is 3. The average Bonchev–Trinajstić information content (AvgIpc) is 3.23. The topological polar surface area (TPSA) is 33.5 Å². The van der Waals surface area contributed by atoms with Crippen LogP contribution in [0.2, 0.25) is 0 Å². The Bertz CT molecular complexity index is 940. The number of benzene rings is 1. The van der Waals surface area contributed by atoms with Gasteiger partial charge in [0.1, 0.15) is 23.5 Å². The van der Waals surface area contributed by atoms with Crippen molar-refractivity contribution in [1.29, 1.82) is 0 Å². The van der Waals surface area contributed by atoms with Gasteiger partial charge < -0.3 is 9.80 Å². The molecule has 1 saturated heterocycles. The number of aryl methyl sites for hydroxylation is 3. The van der Waals surface area contributed by atoms with Crippen molar-refractivity contribution in [1.82, 2.24) is 9.97 Å². The molecule has 3 aromatic rings. The van der Waals surface area contributed by atoms with Gasteiger partial charge in [-0.1, -0.05) is 29.8 Å². The summed E-state index contributed by atoms with van der Waals surface area (Å²) in [5, 5.41) is 1.35. The van der Waals surface area contributed by atoms with Gasteiger partial charge in [-0.25, -0.2) is 9.97 Å². The van der Waals surface area contributed by atoms with Crippen LogP contribution in [0.5, 0.6) is 0 Å². The quantitative estimate of drug-likeness (QED) is 0.774. The number of anilines is 1. The lowest BCUT2D eigenvalue weighted by Gasteiger charge is -2.33. The van der Waals surface area contributed by atoms with Gasteiger partial charge in [-0.3, -0.25) is 0 Å². The van der Waals surface area contributed by atoms with Gasteiger partial charge in [0.2, 0.25) is 0 Å². The van der Waals surface area contributed by atoms with E-state index in [9.17, 15) is 0 Å². The molecule has 1 aromatic carbocycles. The first-order valence-corrected chi connectivity index (χ1v) is 10.5. The number of hydrogen-bond donors (Lipinski definition) is 1. The fourth-order valence-electron chi connectivity index (χ4n) is 4.47. The van der Waals surface area contributed by atoms with Crippen molar-refractivity contribution in [2.75, 3.05) is 31.1 Å². The average molecular weight is 366 g/mol. The second-order valence-corrected chi connectivity index (χ2v) is 8.72. The number of thiophene rings is 1. The molecule has 2 aromatic heterocycles. The summed E-state index contributed by atoms with van der Waals surface area (Å²) in [5.41, 5.74) is 4.35. The van der Waals surface area contributed by atoms with E-state index in [1.807, 2.05) is 11.3 Å². The van der Waals surface area contributed by atoms with Crippen molar-refractivity contribution in [3.05, 3.63) is 52.2 Å². The highest BCUT2D eigenvalue weighted by molar-refractivity contribution is 7.19. The molecule has 4 nitrogen and oxygen atoms in total. The molecular formula is C21H25N4S+. The summed E-state index contributed by atoms with van der Waals surface area (Å²) in [6, 6.07) is 8.93. The molecule has 26 heavy (non-hydrogen) atoms. The highest BCUT2D eigenvalue weighted by atomic mass is 32.1. The van der Waals surface area contributed by atoms with Crippen LogP contribution in [0.4, 0.5) is 5.82 Å². The van der Waals surface area contributed by atoms with Crippen LogP contribution in [0.3, 0.4) is 0 Å². The molecule has 1 aliphatic carbocycles. The molecule has 0 radical (unpaired) electrons. The normalized spacial score (nSPS) is 17.8. The van der Waals surface area contributed by atoms with E-state index in [0.29, 0.717) is 0 Å². The summed E-state index contributed by atoms with van der Waals surface area (Å²) in [4.78, 5) is 16.2. The van der Waals surface area contributed by atoms with E-state index in [1.54, 1.807) is 16.1 Å². The number of hydrogen-bond acceptors (Lipinski definition) is 4. The Labute approximate surface area is 158 Å². The minimum Gasteiger partial charge on any atom is -0.345 e. The van der Waals surface area contributed by atoms with Crippen LogP contribution in [-0.2, 0) is 19.4 Å². The van der Waals surface area contributed by atoms with Gasteiger partial charge >= 0.3 is 0 Å². The smallest absolute Gasteiger partial charge is 0.141 e. The standard InChI is InChI=1S/C21H24N4S/c1-15-4-2-5-16(12-15)13-24-8-10-25(11-9-24)20-19-17-6-3-7-18(17)26-21(19)23-14-22-20/h2,4-5,12,14H,3,6-11,13H2,1H3/p+1. The lowest BCUT2D eigenvalue weighted by molar-refractivity contribution is -0.914. The predicted molar refractivity (Wildman–Crippen MR) is 107 cm³/mol. The molecule has 2 aliphatic rings. The summed E-state index contributed by atoms with van der Waals surface area (Å²) in [7, 11) is 0. The van der Waals surface area contributed by atoms with E-state index in [0.717, 1.165) is 19.6 Å². The Kier molecular flexibility index (Phi) is 4.14. The van der Waals surface area contributed by atoms with Crippen LogP contribution in [0.15, 0.2) is 30.6 Å². The van der Waals surface area contributed by atoms with E-state index in [1.165, 1.54) is 65.1 Å². The fourth-order valence-corrected chi connectivity index (χ4v) is 5.70. The van der Waals surface area contributed by atoms with Gasteiger partial charge in [-0.15, -0.1) is 11.3 Å². The van der Waals surface area contributed by atoms with Gasteiger partial charge in [-0.2, -0.15) is 0 Å². The monoisotopic (exact) mass is 365 g/mol. The summed E-state index contributed by atoms with van der Waals surface area (Å²) in [5.74, 6) is 1.18. The number of nitrogens with one attached hydrogen (secondary N) is 1. The Morgan fingerprint density at radius 1 is 1.15 bits per heavy atom. The molecule has 5 heteroatoms. The molecule has 1 aliphatic heterocycles. The zero-order valence-corrected chi connectivity index (χ0v) is 16.1. The van der Waals surface area contributed by atoms with Crippen LogP contribution in [-0.4, -0.2) is 36.1 Å². The van der Waals surface area contributed by atoms with Gasteiger partial charge in [0.05, 0.1) is 31.6 Å². The number of nitrogens with zero attached hydrogens (tertiary/aromatic N) is 3. The number of quaternary nitrogens is 1. The lowest BCUT2D eigenvalue weighted by atomic mass is 10.1. The van der Waals surface area contributed by atoms with Crippen LogP contribution in [0.1, 0.15) is 28.0 Å². The zero-order valence-electron chi connectivity index (χ0n) is 15.3. The predicted octanol–water partition coefficient (Wildman–Crippen LogP) is 2.39. The molecule has 1 N–H and O–H groups in total. The molecule has 0 saturated carbocycles. The summed E-state index contributed by atoms with van der Waals surface area (Å²) < 4.78 is 0. The van der Waals surface area contributed by atoms with Crippen molar-refractivity contribution in [3.63, 3.8) is 0 Å². The maximum absolute atomic E-state index is 4.71. The third-order valence-corrected chi connectivity index (χ3v) is 6.99. The van der Waals surface area contributed by atoms with Crippen LogP contribution < -0.4 is 9.80 Å². The first kappa shape index (κ1) is 16.2.